The molecule has 1 saturated heterocycles. The summed E-state index contributed by atoms with van der Waals surface area (Å²) in [5.74, 6) is 2.12. The minimum Gasteiger partial charge on any atom is -0.350 e. The lowest BCUT2D eigenvalue weighted by Gasteiger charge is -2.32. The van der Waals surface area contributed by atoms with Crippen molar-refractivity contribution < 1.29 is 4.79 Å². The van der Waals surface area contributed by atoms with Crippen molar-refractivity contribution in [3.8, 4) is 0 Å². The van der Waals surface area contributed by atoms with Crippen molar-refractivity contribution in [3.05, 3.63) is 47.2 Å². The fourth-order valence-electron chi connectivity index (χ4n) is 4.86. The van der Waals surface area contributed by atoms with Crippen LogP contribution in [0, 0.1) is 6.92 Å². The van der Waals surface area contributed by atoms with E-state index in [1.54, 1.807) is 0 Å². The molecular formula is C24H34N6O. The number of aromatic nitrogens is 3. The van der Waals surface area contributed by atoms with Gasteiger partial charge in [-0.1, -0.05) is 6.07 Å². The minimum atomic E-state index is 0.113. The Morgan fingerprint density at radius 3 is 2.74 bits per heavy atom. The highest BCUT2D eigenvalue weighted by atomic mass is 16.2. The summed E-state index contributed by atoms with van der Waals surface area (Å²) in [7, 11) is 0. The molecule has 4 heterocycles. The Balaban J connectivity index is 1.58. The number of pyridine rings is 1. The van der Waals surface area contributed by atoms with Gasteiger partial charge in [0.1, 0.15) is 11.6 Å². The van der Waals surface area contributed by atoms with Gasteiger partial charge < -0.3 is 9.80 Å². The molecule has 0 N–H and O–H groups in total. The van der Waals surface area contributed by atoms with E-state index in [0.717, 1.165) is 81.4 Å². The fraction of sp³-hybridized carbons (Fsp3) is 0.583. The predicted octanol–water partition coefficient (Wildman–Crippen LogP) is 3.14. The summed E-state index contributed by atoms with van der Waals surface area (Å²) in [4.78, 5) is 33.8. The molecule has 0 saturated carbocycles. The van der Waals surface area contributed by atoms with Gasteiger partial charge in [-0.15, -0.1) is 0 Å². The number of carbonyl (C=O) groups excluding carboxylic acids is 1. The van der Waals surface area contributed by atoms with Crippen LogP contribution in [0.5, 0.6) is 0 Å². The topological polar surface area (TPSA) is 65.5 Å². The van der Waals surface area contributed by atoms with Crippen LogP contribution in [0.2, 0.25) is 0 Å². The first kappa shape index (κ1) is 21.7. The lowest BCUT2D eigenvalue weighted by atomic mass is 10.0. The molecule has 31 heavy (non-hydrogen) atoms. The number of carbonyl (C=O) groups is 1. The lowest BCUT2D eigenvalue weighted by molar-refractivity contribution is -0.132. The van der Waals surface area contributed by atoms with Gasteiger partial charge in [-0.2, -0.15) is 0 Å². The highest BCUT2D eigenvalue weighted by Crippen LogP contribution is 2.34. The molecule has 0 aromatic carbocycles. The summed E-state index contributed by atoms with van der Waals surface area (Å²) in [5, 5.41) is 0. The molecule has 166 valence electrons. The number of hydrogen-bond acceptors (Lipinski definition) is 6. The van der Waals surface area contributed by atoms with Crippen LogP contribution in [0.4, 0.5) is 5.82 Å². The van der Waals surface area contributed by atoms with E-state index in [2.05, 4.69) is 27.8 Å². The number of fused-ring (bicyclic) bond motifs is 1. The van der Waals surface area contributed by atoms with Crippen molar-refractivity contribution in [2.75, 3.05) is 37.6 Å². The molecule has 1 atom stereocenters. The van der Waals surface area contributed by atoms with Crippen molar-refractivity contribution in [1.82, 2.24) is 24.8 Å². The zero-order valence-electron chi connectivity index (χ0n) is 19.0. The molecule has 0 bridgehead atoms. The molecule has 2 aliphatic heterocycles. The van der Waals surface area contributed by atoms with Gasteiger partial charge in [0.15, 0.2) is 0 Å². The summed E-state index contributed by atoms with van der Waals surface area (Å²) in [5.41, 5.74) is 3.39. The predicted molar refractivity (Wildman–Crippen MR) is 122 cm³/mol. The van der Waals surface area contributed by atoms with Gasteiger partial charge in [-0.05, 0) is 65.1 Å². The SMILES string of the molecule is CCN(CC)C(=O)CN1CCC[C@H]1c1nc(C)c2c(n1)N(Cc1ccccn1)CCC2. The molecule has 0 spiro atoms. The maximum Gasteiger partial charge on any atom is 0.236 e. The average molecular weight is 423 g/mol. The monoisotopic (exact) mass is 422 g/mol. The first-order chi connectivity index (χ1) is 15.1. The third kappa shape index (κ3) is 4.71. The molecule has 1 fully saturated rings. The van der Waals surface area contributed by atoms with Crippen molar-refractivity contribution in [1.29, 1.82) is 0 Å². The second kappa shape index (κ2) is 9.73. The van der Waals surface area contributed by atoms with E-state index >= 15 is 0 Å². The number of nitrogens with zero attached hydrogens (tertiary/aromatic N) is 6. The van der Waals surface area contributed by atoms with Crippen LogP contribution in [0.25, 0.3) is 0 Å². The van der Waals surface area contributed by atoms with Crippen LogP contribution < -0.4 is 4.90 Å². The fourth-order valence-corrected chi connectivity index (χ4v) is 4.86. The van der Waals surface area contributed by atoms with Crippen LogP contribution in [0.15, 0.2) is 24.4 Å². The Hall–Kier alpha value is -2.54. The molecule has 7 heteroatoms. The number of anilines is 1. The Bertz CT molecular complexity index is 898. The number of rotatable bonds is 7. The number of amides is 1. The molecule has 7 nitrogen and oxygen atoms in total. The van der Waals surface area contributed by atoms with E-state index in [-0.39, 0.29) is 11.9 Å². The maximum atomic E-state index is 12.7. The Labute approximate surface area is 185 Å². The van der Waals surface area contributed by atoms with Gasteiger partial charge in [0.25, 0.3) is 0 Å². The molecule has 0 radical (unpaired) electrons. The quantitative estimate of drug-likeness (QED) is 0.683. The van der Waals surface area contributed by atoms with E-state index in [1.165, 1.54) is 5.56 Å². The summed E-state index contributed by atoms with van der Waals surface area (Å²) in [6, 6.07) is 6.17. The first-order valence-corrected chi connectivity index (χ1v) is 11.6. The van der Waals surface area contributed by atoms with Crippen LogP contribution >= 0.6 is 0 Å². The van der Waals surface area contributed by atoms with E-state index in [1.807, 2.05) is 37.1 Å². The van der Waals surface area contributed by atoms with Crippen LogP contribution in [-0.2, 0) is 17.8 Å². The summed E-state index contributed by atoms with van der Waals surface area (Å²) in [6.07, 6.45) is 6.06. The molecule has 2 aromatic rings. The smallest absolute Gasteiger partial charge is 0.236 e. The highest BCUT2D eigenvalue weighted by Gasteiger charge is 2.32. The van der Waals surface area contributed by atoms with Crippen molar-refractivity contribution in [2.24, 2.45) is 0 Å². The highest BCUT2D eigenvalue weighted by molar-refractivity contribution is 5.78. The van der Waals surface area contributed by atoms with Crippen molar-refractivity contribution >= 4 is 11.7 Å². The first-order valence-electron chi connectivity index (χ1n) is 11.6. The number of likely N-dealkylation sites (N-methyl/N-ethyl adjacent to an activating group) is 1. The number of aryl methyl sites for hydroxylation is 1. The normalized spacial score (nSPS) is 18.8. The van der Waals surface area contributed by atoms with E-state index in [9.17, 15) is 4.79 Å². The lowest BCUT2D eigenvalue weighted by Crippen LogP contribution is -2.40. The van der Waals surface area contributed by atoms with Crippen molar-refractivity contribution in [3.63, 3.8) is 0 Å². The molecular weight excluding hydrogens is 388 g/mol. The van der Waals surface area contributed by atoms with Crippen LogP contribution in [0.3, 0.4) is 0 Å². The molecule has 1 amide bonds. The Kier molecular flexibility index (Phi) is 6.80. The van der Waals surface area contributed by atoms with E-state index in [0.29, 0.717) is 6.54 Å². The summed E-state index contributed by atoms with van der Waals surface area (Å²) in [6.45, 7) is 10.8. The molecule has 0 unspecified atom stereocenters. The average Bonchev–Trinajstić information content (AvgIpc) is 3.24. The maximum absolute atomic E-state index is 12.7. The van der Waals surface area contributed by atoms with Crippen molar-refractivity contribution in [2.45, 2.75) is 59.0 Å². The third-order valence-corrected chi connectivity index (χ3v) is 6.56. The number of hydrogen-bond donors (Lipinski definition) is 0. The molecule has 2 aromatic heterocycles. The van der Waals surface area contributed by atoms with Gasteiger partial charge in [-0.25, -0.2) is 9.97 Å². The molecule has 2 aliphatic rings. The van der Waals surface area contributed by atoms with E-state index in [4.69, 9.17) is 9.97 Å². The molecule has 0 aliphatic carbocycles. The van der Waals surface area contributed by atoms with Gasteiger partial charge >= 0.3 is 0 Å². The standard InChI is InChI=1S/C24H34N6O/c1-4-28(5-2)22(31)17-29-14-9-12-21(29)23-26-18(3)20-11-8-15-30(24(20)27-23)16-19-10-6-7-13-25-19/h6-7,10,13,21H,4-5,8-9,11-12,14-17H2,1-3H3/t21-/m0/s1. The van der Waals surface area contributed by atoms with Crippen LogP contribution in [-0.4, -0.2) is 63.4 Å². The minimum absolute atomic E-state index is 0.113. The van der Waals surface area contributed by atoms with Crippen LogP contribution in [0.1, 0.15) is 61.9 Å². The Morgan fingerprint density at radius 1 is 1.16 bits per heavy atom. The van der Waals surface area contributed by atoms with Gasteiger partial charge in [0.2, 0.25) is 5.91 Å². The largest absolute Gasteiger partial charge is 0.350 e. The Morgan fingerprint density at radius 2 is 2.00 bits per heavy atom. The van der Waals surface area contributed by atoms with Gasteiger partial charge in [0, 0.05) is 37.1 Å². The zero-order valence-corrected chi connectivity index (χ0v) is 19.0. The second-order valence-corrected chi connectivity index (χ2v) is 8.51. The van der Waals surface area contributed by atoms with E-state index < -0.39 is 0 Å². The van der Waals surface area contributed by atoms with Gasteiger partial charge in [-0.3, -0.25) is 14.7 Å². The third-order valence-electron chi connectivity index (χ3n) is 6.56. The number of likely N-dealkylation sites (tertiary alicyclic amines) is 1. The summed E-state index contributed by atoms with van der Waals surface area (Å²) >= 11 is 0. The second-order valence-electron chi connectivity index (χ2n) is 8.51. The zero-order chi connectivity index (χ0) is 21.8. The van der Waals surface area contributed by atoms with Gasteiger partial charge in [0.05, 0.1) is 24.8 Å². The molecule has 4 rings (SSSR count). The summed E-state index contributed by atoms with van der Waals surface area (Å²) < 4.78 is 0.